The van der Waals surface area contributed by atoms with Crippen molar-refractivity contribution in [2.45, 2.75) is 50.9 Å². The van der Waals surface area contributed by atoms with Gasteiger partial charge in [0, 0.05) is 24.5 Å². The monoisotopic (exact) mass is 542 g/mol. The highest BCUT2D eigenvalue weighted by molar-refractivity contribution is 7.59. The molecule has 2 unspecified atom stereocenters. The van der Waals surface area contributed by atoms with Crippen LogP contribution in [0, 0.1) is 13.8 Å². The molecular formula is C27H38N6O4S. The maximum atomic E-state index is 10.2. The Bertz CT molecular complexity index is 1260. The van der Waals surface area contributed by atoms with E-state index in [2.05, 4.69) is 33.8 Å². The largest absolute Gasteiger partial charge is 0.394 e. The Morgan fingerprint density at radius 1 is 1.03 bits per heavy atom. The summed E-state index contributed by atoms with van der Waals surface area (Å²) < 4.78 is 13.0. The zero-order chi connectivity index (χ0) is 25.5. The molecule has 0 spiro atoms. The van der Waals surface area contributed by atoms with E-state index < -0.39 is 0 Å². The number of hydrogen-bond donors (Lipinski definition) is 2. The van der Waals surface area contributed by atoms with Gasteiger partial charge in [-0.15, -0.1) is 0 Å². The molecule has 5 heterocycles. The molecule has 0 radical (unpaired) electrons. The van der Waals surface area contributed by atoms with Gasteiger partial charge in [-0.25, -0.2) is 14.6 Å². The van der Waals surface area contributed by atoms with Gasteiger partial charge in [0.1, 0.15) is 11.6 Å². The molecule has 11 heteroatoms. The van der Waals surface area contributed by atoms with Crippen LogP contribution < -0.4 is 4.90 Å². The molecular weight excluding hydrogens is 504 g/mol. The van der Waals surface area contributed by atoms with E-state index in [9.17, 15) is 10.2 Å². The van der Waals surface area contributed by atoms with Crippen LogP contribution in [0.15, 0.2) is 24.4 Å². The fraction of sp³-hybridized carbons (Fsp3) is 0.593. The van der Waals surface area contributed by atoms with Gasteiger partial charge >= 0.3 is 0 Å². The molecule has 0 aliphatic carbocycles. The summed E-state index contributed by atoms with van der Waals surface area (Å²) in [5.74, 6) is 2.71. The number of ether oxygens (including phenoxy) is 2. The molecule has 0 bridgehead atoms. The van der Waals surface area contributed by atoms with E-state index in [1.54, 1.807) is 0 Å². The van der Waals surface area contributed by atoms with Gasteiger partial charge in [-0.05, 0) is 69.0 Å². The smallest absolute Gasteiger partial charge is 0.159 e. The van der Waals surface area contributed by atoms with Crippen LogP contribution in [-0.4, -0.2) is 106 Å². The minimum Gasteiger partial charge on any atom is -0.394 e. The summed E-state index contributed by atoms with van der Waals surface area (Å²) in [7, 11) is 0. The van der Waals surface area contributed by atoms with Crippen molar-refractivity contribution in [1.29, 1.82) is 0 Å². The summed E-state index contributed by atoms with van der Waals surface area (Å²) >= 11 is 0. The Morgan fingerprint density at radius 3 is 2.55 bits per heavy atom. The maximum Gasteiger partial charge on any atom is 0.159 e. The van der Waals surface area contributed by atoms with Gasteiger partial charge in [0.15, 0.2) is 5.82 Å². The second-order valence-electron chi connectivity index (χ2n) is 10.6. The quantitative estimate of drug-likeness (QED) is 0.498. The molecule has 6 rings (SSSR count). The first-order valence-electron chi connectivity index (χ1n) is 13.3. The first-order chi connectivity index (χ1) is 18.0. The number of piperidine rings is 1. The van der Waals surface area contributed by atoms with Crippen LogP contribution in [0.4, 0.5) is 5.82 Å². The molecule has 3 atom stereocenters. The van der Waals surface area contributed by atoms with Gasteiger partial charge in [-0.2, -0.15) is 18.6 Å². The van der Waals surface area contributed by atoms with Crippen molar-refractivity contribution < 1.29 is 19.7 Å². The molecule has 3 saturated heterocycles. The fourth-order valence-electron chi connectivity index (χ4n) is 6.09. The van der Waals surface area contributed by atoms with Crippen molar-refractivity contribution in [3.8, 4) is 5.82 Å². The van der Waals surface area contributed by atoms with E-state index in [1.807, 2.05) is 23.9 Å². The van der Waals surface area contributed by atoms with Crippen molar-refractivity contribution >= 4 is 30.2 Å². The number of rotatable bonds is 5. The number of benzene rings is 1. The Morgan fingerprint density at radius 2 is 1.82 bits per heavy atom. The lowest BCUT2D eigenvalue weighted by atomic mass is 9.85. The van der Waals surface area contributed by atoms with Gasteiger partial charge < -0.3 is 24.6 Å². The average Bonchev–Trinajstić information content (AvgIpc) is 3.53. The van der Waals surface area contributed by atoms with Gasteiger partial charge in [-0.1, -0.05) is 0 Å². The highest BCUT2D eigenvalue weighted by Gasteiger charge is 2.34. The third-order valence-electron chi connectivity index (χ3n) is 8.11. The summed E-state index contributed by atoms with van der Waals surface area (Å²) in [6.45, 7) is 8.97. The molecule has 0 amide bonds. The number of morpholine rings is 1. The lowest BCUT2D eigenvalue weighted by Crippen LogP contribution is -2.46. The highest BCUT2D eigenvalue weighted by Crippen LogP contribution is 2.34. The fourth-order valence-corrected chi connectivity index (χ4v) is 6.09. The van der Waals surface area contributed by atoms with E-state index in [1.165, 1.54) is 11.1 Å². The van der Waals surface area contributed by atoms with Crippen LogP contribution in [0.2, 0.25) is 0 Å². The van der Waals surface area contributed by atoms with Crippen LogP contribution in [0.5, 0.6) is 0 Å². The van der Waals surface area contributed by atoms with Crippen LogP contribution in [0.3, 0.4) is 0 Å². The first kappa shape index (κ1) is 27.3. The number of aromatic nitrogens is 4. The number of hydrogen-bond acceptors (Lipinski definition) is 9. The van der Waals surface area contributed by atoms with Gasteiger partial charge in [0.25, 0.3) is 0 Å². The Labute approximate surface area is 230 Å². The van der Waals surface area contributed by atoms with E-state index in [4.69, 9.17) is 19.6 Å². The average molecular weight is 543 g/mol. The van der Waals surface area contributed by atoms with Crippen molar-refractivity contribution in [2.24, 2.45) is 0 Å². The molecule has 3 aromatic rings. The molecule has 3 aliphatic rings. The topological polar surface area (TPSA) is 109 Å². The van der Waals surface area contributed by atoms with Crippen molar-refractivity contribution in [1.82, 2.24) is 24.6 Å². The van der Waals surface area contributed by atoms with E-state index >= 15 is 0 Å². The Kier molecular flexibility index (Phi) is 8.22. The Hall–Kier alpha value is -2.28. The molecule has 3 aliphatic heterocycles. The van der Waals surface area contributed by atoms with Gasteiger partial charge in [0.2, 0.25) is 0 Å². The van der Waals surface area contributed by atoms with Crippen molar-refractivity contribution in [3.05, 3.63) is 41.3 Å². The molecule has 2 N–H and O–H groups in total. The van der Waals surface area contributed by atoms with Gasteiger partial charge in [-0.3, -0.25) is 4.90 Å². The minimum absolute atomic E-state index is 0. The second-order valence-corrected chi connectivity index (χ2v) is 10.6. The molecule has 38 heavy (non-hydrogen) atoms. The molecule has 0 saturated carbocycles. The third kappa shape index (κ3) is 5.28. The lowest BCUT2D eigenvalue weighted by Gasteiger charge is -2.37. The standard InChI is InChI=1S/C27H36N6O4.H2S/c1-17-9-20-12-28-33(27-11-26(29-18(2)30-27)32-7-8-37-21(13-32)14-34)23(20)10-22(17)19-3-5-31(6-4-19)24-15-36-16-25(24)35;/h9-12,19,21,24-25,34-35H,3-8,13-16H2,1-2H3;1H2/t21-,24?,25?;/m0./s1. The normalized spacial score (nSPS) is 25.2. The number of aliphatic hydroxyl groups is 2. The summed E-state index contributed by atoms with van der Waals surface area (Å²) in [5.41, 5.74) is 3.70. The van der Waals surface area contributed by atoms with Crippen LogP contribution in [0.25, 0.3) is 16.7 Å². The molecule has 2 aromatic heterocycles. The first-order valence-corrected chi connectivity index (χ1v) is 13.3. The zero-order valence-corrected chi connectivity index (χ0v) is 23.1. The zero-order valence-electron chi connectivity index (χ0n) is 22.1. The van der Waals surface area contributed by atoms with Gasteiger partial charge in [0.05, 0.1) is 56.4 Å². The third-order valence-corrected chi connectivity index (χ3v) is 8.11. The number of aryl methyl sites for hydroxylation is 2. The number of fused-ring (bicyclic) bond motifs is 1. The highest BCUT2D eigenvalue weighted by atomic mass is 32.1. The van der Waals surface area contributed by atoms with Crippen LogP contribution in [0.1, 0.15) is 35.7 Å². The van der Waals surface area contributed by atoms with Crippen LogP contribution >= 0.6 is 13.5 Å². The van der Waals surface area contributed by atoms with Crippen molar-refractivity contribution in [2.75, 3.05) is 57.5 Å². The minimum atomic E-state index is -0.378. The second kappa shape index (κ2) is 11.4. The number of anilines is 1. The molecule has 10 nitrogen and oxygen atoms in total. The summed E-state index contributed by atoms with van der Waals surface area (Å²) in [5, 5.41) is 25.6. The number of aliphatic hydroxyl groups excluding tert-OH is 2. The van der Waals surface area contributed by atoms with Crippen LogP contribution in [-0.2, 0) is 9.47 Å². The predicted octanol–water partition coefficient (Wildman–Crippen LogP) is 1.68. The predicted molar refractivity (Wildman–Crippen MR) is 150 cm³/mol. The van der Waals surface area contributed by atoms with E-state index in [-0.39, 0.29) is 38.4 Å². The van der Waals surface area contributed by atoms with E-state index in [0.29, 0.717) is 38.1 Å². The summed E-state index contributed by atoms with van der Waals surface area (Å²) in [6, 6.07) is 6.63. The number of likely N-dealkylation sites (tertiary alicyclic amines) is 1. The SMILES string of the molecule is Cc1nc(N2CCO[C@H](CO)C2)cc(-n2ncc3cc(C)c(C4CCN(C5COCC5O)CC4)cc32)n1.S. The molecule has 1 aromatic carbocycles. The van der Waals surface area contributed by atoms with Crippen molar-refractivity contribution in [3.63, 3.8) is 0 Å². The lowest BCUT2D eigenvalue weighted by molar-refractivity contribution is 0.00335. The summed E-state index contributed by atoms with van der Waals surface area (Å²) in [4.78, 5) is 13.9. The molecule has 3 fully saturated rings. The maximum absolute atomic E-state index is 10.2. The Balaban J connectivity index is 0.00000294. The molecule has 206 valence electrons. The number of nitrogens with zero attached hydrogens (tertiary/aromatic N) is 6. The van der Waals surface area contributed by atoms with E-state index in [0.717, 1.165) is 55.0 Å². The summed E-state index contributed by atoms with van der Waals surface area (Å²) in [6.07, 6.45) is 3.44.